The number of hydrogen-bond donors (Lipinski definition) is 3. The number of carbonyl (C=O) groups is 2. The third-order valence-corrected chi connectivity index (χ3v) is 7.00. The second kappa shape index (κ2) is 11.8. The number of benzene rings is 1. The number of aliphatic hydroxyl groups excluding tert-OH is 1. The highest BCUT2D eigenvalue weighted by Gasteiger charge is 2.38. The predicted octanol–water partition coefficient (Wildman–Crippen LogP) is 3.08. The van der Waals surface area contributed by atoms with Crippen LogP contribution in [-0.4, -0.2) is 63.2 Å². The SMILES string of the molecule is C[C@H]([C@@H](C)O)N1CC[C@@H](NC(=O)c2cc(-c3ccc(F)cc3F)on2)[C@H](C(=O)N[C@H](C)c2ccccn2)C1. The van der Waals surface area contributed by atoms with Crippen LogP contribution in [0, 0.1) is 17.6 Å². The van der Waals surface area contributed by atoms with Gasteiger partial charge in [-0.3, -0.25) is 19.5 Å². The van der Waals surface area contributed by atoms with Crippen molar-refractivity contribution in [1.82, 2.24) is 25.7 Å². The molecule has 1 fully saturated rings. The third kappa shape index (κ3) is 6.22. The molecule has 3 N–H and O–H groups in total. The van der Waals surface area contributed by atoms with Gasteiger partial charge in [0.2, 0.25) is 5.91 Å². The molecule has 38 heavy (non-hydrogen) atoms. The zero-order chi connectivity index (χ0) is 27.4. The van der Waals surface area contributed by atoms with Crippen molar-refractivity contribution >= 4 is 11.8 Å². The summed E-state index contributed by atoms with van der Waals surface area (Å²) in [5, 5.41) is 19.7. The first kappa shape index (κ1) is 27.3. The zero-order valence-electron chi connectivity index (χ0n) is 21.4. The van der Waals surface area contributed by atoms with Gasteiger partial charge in [0.05, 0.1) is 29.3 Å². The Morgan fingerprint density at radius 3 is 2.63 bits per heavy atom. The first-order chi connectivity index (χ1) is 18.1. The van der Waals surface area contributed by atoms with Crippen molar-refractivity contribution in [3.63, 3.8) is 0 Å². The highest BCUT2D eigenvalue weighted by atomic mass is 19.1. The number of piperidine rings is 1. The van der Waals surface area contributed by atoms with Crippen molar-refractivity contribution in [1.29, 1.82) is 0 Å². The van der Waals surface area contributed by atoms with Crippen LogP contribution in [0.3, 0.4) is 0 Å². The van der Waals surface area contributed by atoms with E-state index in [0.29, 0.717) is 25.2 Å². The van der Waals surface area contributed by atoms with E-state index in [0.717, 1.165) is 12.1 Å². The van der Waals surface area contributed by atoms with Gasteiger partial charge < -0.3 is 20.3 Å². The Morgan fingerprint density at radius 2 is 1.95 bits per heavy atom. The zero-order valence-corrected chi connectivity index (χ0v) is 21.4. The highest BCUT2D eigenvalue weighted by Crippen LogP contribution is 2.26. The minimum absolute atomic E-state index is 0.0216. The van der Waals surface area contributed by atoms with Crippen molar-refractivity contribution in [2.75, 3.05) is 13.1 Å². The van der Waals surface area contributed by atoms with Gasteiger partial charge in [0.25, 0.3) is 5.91 Å². The molecule has 3 aromatic rings. The van der Waals surface area contributed by atoms with Crippen LogP contribution in [0.25, 0.3) is 11.3 Å². The van der Waals surface area contributed by atoms with Gasteiger partial charge in [-0.2, -0.15) is 0 Å². The number of likely N-dealkylation sites (tertiary alicyclic amines) is 1. The van der Waals surface area contributed by atoms with Crippen LogP contribution in [0.4, 0.5) is 8.78 Å². The van der Waals surface area contributed by atoms with Crippen LogP contribution in [-0.2, 0) is 4.79 Å². The maximum Gasteiger partial charge on any atom is 0.273 e. The van der Waals surface area contributed by atoms with E-state index in [1.165, 1.54) is 12.1 Å². The molecule has 0 radical (unpaired) electrons. The Morgan fingerprint density at radius 1 is 1.16 bits per heavy atom. The van der Waals surface area contributed by atoms with E-state index >= 15 is 0 Å². The molecule has 1 aromatic carbocycles. The fourth-order valence-corrected chi connectivity index (χ4v) is 4.56. The molecule has 0 spiro atoms. The van der Waals surface area contributed by atoms with E-state index in [-0.39, 0.29) is 35.0 Å². The van der Waals surface area contributed by atoms with E-state index in [1.807, 2.05) is 30.9 Å². The topological polar surface area (TPSA) is 121 Å². The van der Waals surface area contributed by atoms with Crippen LogP contribution in [0.2, 0.25) is 0 Å². The van der Waals surface area contributed by atoms with Crippen molar-refractivity contribution in [2.24, 2.45) is 5.92 Å². The predicted molar refractivity (Wildman–Crippen MR) is 135 cm³/mol. The second-order valence-corrected chi connectivity index (χ2v) is 9.64. The Bertz CT molecular complexity index is 1270. The average molecular weight is 528 g/mol. The Balaban J connectivity index is 1.50. The monoisotopic (exact) mass is 527 g/mol. The summed E-state index contributed by atoms with van der Waals surface area (Å²) in [6.45, 7) is 6.30. The Labute approximate surface area is 219 Å². The summed E-state index contributed by atoms with van der Waals surface area (Å²) in [6, 6.07) is 8.66. The molecule has 1 aliphatic heterocycles. The van der Waals surface area contributed by atoms with Crippen molar-refractivity contribution < 1.29 is 28.0 Å². The van der Waals surface area contributed by atoms with Gasteiger partial charge in [-0.25, -0.2) is 8.78 Å². The molecule has 202 valence electrons. The lowest BCUT2D eigenvalue weighted by molar-refractivity contribution is -0.129. The summed E-state index contributed by atoms with van der Waals surface area (Å²) in [6.07, 6.45) is 1.51. The number of aromatic nitrogens is 2. The number of carbonyl (C=O) groups excluding carboxylic acids is 2. The lowest BCUT2D eigenvalue weighted by Gasteiger charge is -2.41. The van der Waals surface area contributed by atoms with Crippen LogP contribution >= 0.6 is 0 Å². The van der Waals surface area contributed by atoms with E-state index in [1.54, 1.807) is 19.2 Å². The molecule has 5 atom stereocenters. The van der Waals surface area contributed by atoms with Crippen LogP contribution < -0.4 is 10.6 Å². The summed E-state index contributed by atoms with van der Waals surface area (Å²) in [5.41, 5.74) is 0.582. The number of aliphatic hydroxyl groups is 1. The quantitative estimate of drug-likeness (QED) is 0.412. The first-order valence-corrected chi connectivity index (χ1v) is 12.5. The van der Waals surface area contributed by atoms with Gasteiger partial charge in [-0.1, -0.05) is 11.2 Å². The molecule has 0 saturated carbocycles. The molecular weight excluding hydrogens is 496 g/mol. The molecule has 3 heterocycles. The summed E-state index contributed by atoms with van der Waals surface area (Å²) in [7, 11) is 0. The number of nitrogens with zero attached hydrogens (tertiary/aromatic N) is 3. The number of rotatable bonds is 8. The lowest BCUT2D eigenvalue weighted by Crippen LogP contribution is -2.58. The van der Waals surface area contributed by atoms with E-state index in [2.05, 4.69) is 20.8 Å². The number of amides is 2. The summed E-state index contributed by atoms with van der Waals surface area (Å²) >= 11 is 0. The Hall–Kier alpha value is -3.70. The van der Waals surface area contributed by atoms with Gasteiger partial charge >= 0.3 is 0 Å². The van der Waals surface area contributed by atoms with Crippen LogP contribution in [0.15, 0.2) is 53.2 Å². The molecule has 1 aliphatic rings. The van der Waals surface area contributed by atoms with E-state index in [4.69, 9.17) is 4.52 Å². The maximum atomic E-state index is 14.1. The van der Waals surface area contributed by atoms with Gasteiger partial charge in [0.1, 0.15) is 11.6 Å². The minimum atomic E-state index is -0.841. The molecule has 0 bridgehead atoms. The average Bonchev–Trinajstić information content (AvgIpc) is 3.39. The first-order valence-electron chi connectivity index (χ1n) is 12.5. The Kier molecular flexibility index (Phi) is 8.48. The van der Waals surface area contributed by atoms with Gasteiger partial charge in [-0.15, -0.1) is 0 Å². The van der Waals surface area contributed by atoms with E-state index in [9.17, 15) is 23.5 Å². The van der Waals surface area contributed by atoms with E-state index < -0.39 is 35.6 Å². The standard InChI is InChI=1S/C27H31F2N5O4/c1-15(22-6-4-5-10-30-22)31-26(36)20-14-34(16(2)17(3)35)11-9-23(20)32-27(37)24-13-25(38-33-24)19-8-7-18(28)12-21(19)29/h4-8,10,12-13,15-17,20,23,35H,9,11,14H2,1-3H3,(H,31,36)(H,32,37)/t15-,16-,17-,20-,23-/m1/s1. The summed E-state index contributed by atoms with van der Waals surface area (Å²) in [4.78, 5) is 32.8. The molecule has 11 heteroatoms. The number of hydrogen-bond acceptors (Lipinski definition) is 7. The molecule has 0 unspecified atom stereocenters. The van der Waals surface area contributed by atoms with Crippen molar-refractivity contribution in [2.45, 2.75) is 51.4 Å². The number of nitrogens with one attached hydrogen (secondary N) is 2. The van der Waals surface area contributed by atoms with Crippen LogP contribution in [0.5, 0.6) is 0 Å². The molecule has 2 aromatic heterocycles. The molecule has 4 rings (SSSR count). The molecule has 0 aliphatic carbocycles. The van der Waals surface area contributed by atoms with Crippen molar-refractivity contribution in [3.8, 4) is 11.3 Å². The molecule has 1 saturated heterocycles. The minimum Gasteiger partial charge on any atom is -0.392 e. The highest BCUT2D eigenvalue weighted by molar-refractivity contribution is 5.94. The second-order valence-electron chi connectivity index (χ2n) is 9.64. The largest absolute Gasteiger partial charge is 0.392 e. The fourth-order valence-electron chi connectivity index (χ4n) is 4.56. The normalized spacial score (nSPS) is 20.4. The molecular formula is C27H31F2N5O4. The lowest BCUT2D eigenvalue weighted by atomic mass is 9.89. The fraction of sp³-hybridized carbons (Fsp3) is 0.407. The molecule has 2 amide bonds. The summed E-state index contributed by atoms with van der Waals surface area (Å²) in [5.74, 6) is -3.06. The van der Waals surface area contributed by atoms with Crippen LogP contribution in [0.1, 0.15) is 49.4 Å². The summed E-state index contributed by atoms with van der Waals surface area (Å²) < 4.78 is 32.5. The van der Waals surface area contributed by atoms with Crippen molar-refractivity contribution in [3.05, 3.63) is 71.7 Å². The third-order valence-electron chi connectivity index (χ3n) is 7.00. The smallest absolute Gasteiger partial charge is 0.273 e. The number of pyridine rings is 1. The van der Waals surface area contributed by atoms with Gasteiger partial charge in [-0.05, 0) is 51.5 Å². The van der Waals surface area contributed by atoms with Gasteiger partial charge in [0.15, 0.2) is 11.5 Å². The van der Waals surface area contributed by atoms with Gasteiger partial charge in [0, 0.05) is 43.5 Å². The maximum absolute atomic E-state index is 14.1. The number of halogens is 2. The molecule has 9 nitrogen and oxygen atoms in total.